The Labute approximate surface area is 163 Å². The first-order valence-electron chi connectivity index (χ1n) is 9.72. The Morgan fingerprint density at radius 3 is 2.56 bits per heavy atom. The summed E-state index contributed by atoms with van der Waals surface area (Å²) >= 11 is 0. The van der Waals surface area contributed by atoms with Crippen molar-refractivity contribution in [3.8, 4) is 5.75 Å². The van der Waals surface area contributed by atoms with E-state index in [1.54, 1.807) is 30.3 Å². The van der Waals surface area contributed by atoms with Crippen molar-refractivity contribution in [2.45, 2.75) is 65.9 Å². The van der Waals surface area contributed by atoms with Crippen molar-refractivity contribution in [2.24, 2.45) is 5.41 Å². The molecule has 146 valence electrons. The van der Waals surface area contributed by atoms with Crippen molar-refractivity contribution >= 4 is 12.0 Å². The molecule has 1 aromatic rings. The molecule has 0 bridgehead atoms. The number of ether oxygens (including phenoxy) is 1. The van der Waals surface area contributed by atoms with Crippen LogP contribution >= 0.6 is 0 Å². The number of hydrogen-bond donors (Lipinski definition) is 1. The molecule has 0 aromatic heterocycles. The van der Waals surface area contributed by atoms with Crippen LogP contribution in [0.3, 0.4) is 0 Å². The van der Waals surface area contributed by atoms with Gasteiger partial charge in [0.25, 0.3) is 0 Å². The van der Waals surface area contributed by atoms with Gasteiger partial charge >= 0.3 is 5.97 Å². The molecule has 0 heterocycles. The minimum atomic E-state index is -0.321. The van der Waals surface area contributed by atoms with E-state index in [1.165, 1.54) is 17.2 Å². The Hall–Kier alpha value is -2.29. The number of hydrogen-bond acceptors (Lipinski definition) is 3. The summed E-state index contributed by atoms with van der Waals surface area (Å²) in [4.78, 5) is 12.4. The number of aromatic hydroxyl groups is 1. The second-order valence-corrected chi connectivity index (χ2v) is 8.40. The molecule has 0 saturated heterocycles. The lowest BCUT2D eigenvalue weighted by Gasteiger charge is -2.29. The molecule has 0 fully saturated rings. The second-order valence-electron chi connectivity index (χ2n) is 8.40. The molecule has 1 atom stereocenters. The first kappa shape index (κ1) is 21.0. The van der Waals surface area contributed by atoms with Crippen molar-refractivity contribution in [1.82, 2.24) is 0 Å². The van der Waals surface area contributed by atoms with Gasteiger partial charge in [0, 0.05) is 12.5 Å². The number of phenols is 1. The maximum atomic E-state index is 12.4. The standard InChI is InChI=1S/C24H32O3/c1-18-6-5-7-19(2)16-22(17-24(3,4)15-14-18)27-23(26)13-10-20-8-11-21(25)12-9-20/h7-14,22,25H,5-6,15-17H2,1-4H3/b13-10-,18-14+,19-7+/t22-/m0/s1. The molecule has 0 aliphatic heterocycles. The van der Waals surface area contributed by atoms with Crippen LogP contribution in [0.15, 0.2) is 53.6 Å². The summed E-state index contributed by atoms with van der Waals surface area (Å²) in [6.07, 6.45) is 12.4. The highest BCUT2D eigenvalue weighted by Crippen LogP contribution is 2.32. The van der Waals surface area contributed by atoms with E-state index in [-0.39, 0.29) is 23.2 Å². The first-order valence-corrected chi connectivity index (χ1v) is 9.72. The van der Waals surface area contributed by atoms with E-state index in [4.69, 9.17) is 4.74 Å². The van der Waals surface area contributed by atoms with E-state index in [1.807, 2.05) is 0 Å². The van der Waals surface area contributed by atoms with Crippen LogP contribution in [0.2, 0.25) is 0 Å². The molecule has 0 amide bonds. The van der Waals surface area contributed by atoms with E-state index in [0.29, 0.717) is 0 Å². The molecule has 1 aromatic carbocycles. The minimum Gasteiger partial charge on any atom is -0.508 e. The molecule has 3 nitrogen and oxygen atoms in total. The average molecular weight is 369 g/mol. The molecular weight excluding hydrogens is 336 g/mol. The van der Waals surface area contributed by atoms with E-state index in [0.717, 1.165) is 37.7 Å². The van der Waals surface area contributed by atoms with Gasteiger partial charge in [-0.3, -0.25) is 0 Å². The maximum Gasteiger partial charge on any atom is 0.331 e. The van der Waals surface area contributed by atoms with E-state index < -0.39 is 0 Å². The normalized spacial score (nSPS) is 25.0. The van der Waals surface area contributed by atoms with Crippen LogP contribution in [0.1, 0.15) is 65.4 Å². The average Bonchev–Trinajstić information content (AvgIpc) is 2.60. The van der Waals surface area contributed by atoms with Crippen LogP contribution in [0.5, 0.6) is 5.75 Å². The lowest BCUT2D eigenvalue weighted by molar-refractivity contribution is -0.144. The van der Waals surface area contributed by atoms with Crippen LogP contribution in [0.25, 0.3) is 6.08 Å². The van der Waals surface area contributed by atoms with Gasteiger partial charge in [0.05, 0.1) is 0 Å². The largest absolute Gasteiger partial charge is 0.508 e. The monoisotopic (exact) mass is 368 g/mol. The lowest BCUT2D eigenvalue weighted by atomic mass is 9.81. The Bertz CT molecular complexity index is 720. The van der Waals surface area contributed by atoms with Gasteiger partial charge in [0.1, 0.15) is 11.9 Å². The second kappa shape index (κ2) is 9.59. The summed E-state index contributed by atoms with van der Waals surface area (Å²) < 4.78 is 5.81. The van der Waals surface area contributed by atoms with Gasteiger partial charge in [0.2, 0.25) is 0 Å². The Kier molecular flexibility index (Phi) is 7.46. The highest BCUT2D eigenvalue weighted by atomic mass is 16.5. The molecule has 1 aliphatic rings. The van der Waals surface area contributed by atoms with Gasteiger partial charge in [-0.15, -0.1) is 0 Å². The molecule has 1 N–H and O–H groups in total. The van der Waals surface area contributed by atoms with Gasteiger partial charge in [-0.2, -0.15) is 0 Å². The van der Waals surface area contributed by atoms with Gasteiger partial charge in [-0.05, 0) is 68.7 Å². The molecule has 1 aliphatic carbocycles. The fraction of sp³-hybridized carbons (Fsp3) is 0.458. The SMILES string of the molecule is C/C1=C\CC(C)(C)C[C@@H](OC(=O)/C=C\c2ccc(O)cc2)C/C(C)=C/CC1. The third-order valence-corrected chi connectivity index (χ3v) is 4.95. The molecular formula is C24H32O3. The highest BCUT2D eigenvalue weighted by molar-refractivity contribution is 5.87. The zero-order valence-corrected chi connectivity index (χ0v) is 17.0. The smallest absolute Gasteiger partial charge is 0.331 e. The van der Waals surface area contributed by atoms with Crippen molar-refractivity contribution in [1.29, 1.82) is 0 Å². The summed E-state index contributed by atoms with van der Waals surface area (Å²) in [5.74, 6) is -0.112. The third-order valence-electron chi connectivity index (χ3n) is 4.95. The molecule has 27 heavy (non-hydrogen) atoms. The first-order chi connectivity index (χ1) is 12.7. The van der Waals surface area contributed by atoms with Crippen LogP contribution < -0.4 is 0 Å². The summed E-state index contributed by atoms with van der Waals surface area (Å²) in [5, 5.41) is 9.33. The molecule has 0 spiro atoms. The Balaban J connectivity index is 2.07. The fourth-order valence-corrected chi connectivity index (χ4v) is 3.35. The molecule has 0 saturated carbocycles. The van der Waals surface area contributed by atoms with Gasteiger partial charge in [0.15, 0.2) is 0 Å². The highest BCUT2D eigenvalue weighted by Gasteiger charge is 2.25. The minimum absolute atomic E-state index is 0.0809. The van der Waals surface area contributed by atoms with Gasteiger partial charge in [-0.25, -0.2) is 4.79 Å². The summed E-state index contributed by atoms with van der Waals surface area (Å²) in [6.45, 7) is 8.79. The van der Waals surface area contributed by atoms with Crippen LogP contribution in [0, 0.1) is 5.41 Å². The lowest BCUT2D eigenvalue weighted by Crippen LogP contribution is -2.25. The van der Waals surface area contributed by atoms with E-state index in [2.05, 4.69) is 39.8 Å². The summed E-state index contributed by atoms with van der Waals surface area (Å²) in [6, 6.07) is 6.72. The maximum absolute atomic E-state index is 12.4. The Morgan fingerprint density at radius 2 is 1.85 bits per heavy atom. The van der Waals surface area contributed by atoms with Gasteiger partial charge in [-0.1, -0.05) is 49.3 Å². The quantitative estimate of drug-likeness (QED) is 0.392. The molecule has 0 unspecified atom stereocenters. The Morgan fingerprint density at radius 1 is 1.15 bits per heavy atom. The number of phenolic OH excluding ortho intramolecular Hbond substituents is 1. The van der Waals surface area contributed by atoms with Crippen molar-refractivity contribution in [3.63, 3.8) is 0 Å². The number of esters is 1. The van der Waals surface area contributed by atoms with Crippen molar-refractivity contribution < 1.29 is 14.6 Å². The molecule has 3 heteroatoms. The van der Waals surface area contributed by atoms with Crippen molar-refractivity contribution in [3.05, 3.63) is 59.2 Å². The van der Waals surface area contributed by atoms with Crippen molar-refractivity contribution in [2.75, 3.05) is 0 Å². The molecule has 2 rings (SSSR count). The van der Waals surface area contributed by atoms with Crippen LogP contribution in [-0.2, 0) is 9.53 Å². The van der Waals surface area contributed by atoms with Crippen LogP contribution in [-0.4, -0.2) is 17.2 Å². The number of carbonyl (C=O) groups is 1. The number of carbonyl (C=O) groups excluding carboxylic acids is 1. The van der Waals surface area contributed by atoms with E-state index in [9.17, 15) is 9.90 Å². The number of rotatable bonds is 3. The number of benzene rings is 1. The number of allylic oxidation sites excluding steroid dienone is 3. The van der Waals surface area contributed by atoms with Crippen LogP contribution in [0.4, 0.5) is 0 Å². The predicted molar refractivity (Wildman–Crippen MR) is 111 cm³/mol. The van der Waals surface area contributed by atoms with Gasteiger partial charge < -0.3 is 9.84 Å². The summed E-state index contributed by atoms with van der Waals surface area (Å²) in [5.41, 5.74) is 3.64. The summed E-state index contributed by atoms with van der Waals surface area (Å²) in [7, 11) is 0. The zero-order valence-electron chi connectivity index (χ0n) is 17.0. The third kappa shape index (κ3) is 7.86. The zero-order chi connectivity index (χ0) is 19.9. The van der Waals surface area contributed by atoms with E-state index >= 15 is 0 Å². The predicted octanol–water partition coefficient (Wildman–Crippen LogP) is 6.20. The topological polar surface area (TPSA) is 46.5 Å². The molecule has 0 radical (unpaired) electrons. The fourth-order valence-electron chi connectivity index (χ4n) is 3.35.